The van der Waals surface area contributed by atoms with Gasteiger partial charge in [0.05, 0.1) is 7.11 Å². The average molecular weight is 191 g/mol. The highest BCUT2D eigenvalue weighted by atomic mass is 16.5. The maximum atomic E-state index is 5.68. The van der Waals surface area contributed by atoms with Gasteiger partial charge in [-0.2, -0.15) is 0 Å². The van der Waals surface area contributed by atoms with Crippen molar-refractivity contribution in [1.29, 1.82) is 0 Å². The largest absolute Gasteiger partial charge is 0.497 e. The van der Waals surface area contributed by atoms with Gasteiger partial charge >= 0.3 is 0 Å². The molecule has 0 heterocycles. The van der Waals surface area contributed by atoms with E-state index in [4.69, 9.17) is 10.5 Å². The molecule has 1 aliphatic carbocycles. The highest BCUT2D eigenvalue weighted by molar-refractivity contribution is 5.36. The second kappa shape index (κ2) is 3.28. The van der Waals surface area contributed by atoms with Gasteiger partial charge in [0.2, 0.25) is 0 Å². The summed E-state index contributed by atoms with van der Waals surface area (Å²) < 4.78 is 5.13. The summed E-state index contributed by atoms with van der Waals surface area (Å²) in [6.07, 6.45) is 1.22. The van der Waals surface area contributed by atoms with Crippen LogP contribution in [-0.4, -0.2) is 13.7 Å². The Bertz CT molecular complexity index is 320. The first-order valence-electron chi connectivity index (χ1n) is 5.05. The average Bonchev–Trinajstić information content (AvgIpc) is 2.91. The maximum absolute atomic E-state index is 5.68. The number of benzene rings is 1. The van der Waals surface area contributed by atoms with E-state index < -0.39 is 0 Å². The Kier molecular flexibility index (Phi) is 2.23. The third-order valence-corrected chi connectivity index (χ3v) is 3.45. The van der Waals surface area contributed by atoms with E-state index >= 15 is 0 Å². The summed E-state index contributed by atoms with van der Waals surface area (Å²) in [5.74, 6) is 1.58. The SMILES string of the molecule is COc1ccc(C2(C)C[C@H]2CN)cc1. The van der Waals surface area contributed by atoms with E-state index in [1.165, 1.54) is 12.0 Å². The molecule has 1 aromatic carbocycles. The summed E-state index contributed by atoms with van der Waals surface area (Å²) in [4.78, 5) is 0. The van der Waals surface area contributed by atoms with Gasteiger partial charge in [0.15, 0.2) is 0 Å². The Morgan fingerprint density at radius 2 is 2.07 bits per heavy atom. The molecule has 2 nitrogen and oxygen atoms in total. The smallest absolute Gasteiger partial charge is 0.118 e. The lowest BCUT2D eigenvalue weighted by Crippen LogP contribution is -2.11. The van der Waals surface area contributed by atoms with E-state index in [9.17, 15) is 0 Å². The van der Waals surface area contributed by atoms with Crippen LogP contribution in [0.4, 0.5) is 0 Å². The van der Waals surface area contributed by atoms with Crippen LogP contribution in [0.5, 0.6) is 5.75 Å². The summed E-state index contributed by atoms with van der Waals surface area (Å²) in [5.41, 5.74) is 7.38. The Labute approximate surface area is 85.1 Å². The van der Waals surface area contributed by atoms with Crippen molar-refractivity contribution in [2.45, 2.75) is 18.8 Å². The van der Waals surface area contributed by atoms with Crippen molar-refractivity contribution in [2.24, 2.45) is 11.7 Å². The van der Waals surface area contributed by atoms with Gasteiger partial charge in [-0.3, -0.25) is 0 Å². The molecule has 76 valence electrons. The van der Waals surface area contributed by atoms with Crippen LogP contribution in [0.3, 0.4) is 0 Å². The Morgan fingerprint density at radius 3 is 2.50 bits per heavy atom. The summed E-state index contributed by atoms with van der Waals surface area (Å²) in [7, 11) is 1.69. The molecular weight excluding hydrogens is 174 g/mol. The van der Waals surface area contributed by atoms with Crippen molar-refractivity contribution in [3.05, 3.63) is 29.8 Å². The van der Waals surface area contributed by atoms with Crippen molar-refractivity contribution in [3.63, 3.8) is 0 Å². The number of hydrogen-bond acceptors (Lipinski definition) is 2. The van der Waals surface area contributed by atoms with Gasteiger partial charge < -0.3 is 10.5 Å². The summed E-state index contributed by atoms with van der Waals surface area (Å²) in [6, 6.07) is 8.34. The zero-order valence-electron chi connectivity index (χ0n) is 8.79. The van der Waals surface area contributed by atoms with Crippen molar-refractivity contribution in [2.75, 3.05) is 13.7 Å². The molecule has 0 bridgehead atoms. The molecule has 0 aromatic heterocycles. The van der Waals surface area contributed by atoms with Gasteiger partial charge in [0.25, 0.3) is 0 Å². The predicted molar refractivity (Wildman–Crippen MR) is 57.5 cm³/mol. The lowest BCUT2D eigenvalue weighted by atomic mass is 9.95. The fourth-order valence-electron chi connectivity index (χ4n) is 2.12. The van der Waals surface area contributed by atoms with Gasteiger partial charge in [0.1, 0.15) is 5.75 Å². The molecule has 2 N–H and O–H groups in total. The maximum Gasteiger partial charge on any atom is 0.118 e. The van der Waals surface area contributed by atoms with Crippen molar-refractivity contribution < 1.29 is 4.74 Å². The lowest BCUT2D eigenvalue weighted by molar-refractivity contribution is 0.414. The summed E-state index contributed by atoms with van der Waals surface area (Å²) in [5, 5.41) is 0. The lowest BCUT2D eigenvalue weighted by Gasteiger charge is -2.11. The topological polar surface area (TPSA) is 35.2 Å². The molecule has 1 fully saturated rings. The fourth-order valence-corrected chi connectivity index (χ4v) is 2.12. The predicted octanol–water partition coefficient (Wildman–Crippen LogP) is 1.93. The molecule has 2 rings (SSSR count). The first kappa shape index (κ1) is 9.53. The molecule has 1 unspecified atom stereocenters. The van der Waals surface area contributed by atoms with Gasteiger partial charge in [0, 0.05) is 0 Å². The Hall–Kier alpha value is -1.02. The van der Waals surface area contributed by atoms with E-state index in [0.717, 1.165) is 12.3 Å². The Morgan fingerprint density at radius 1 is 1.43 bits per heavy atom. The molecular formula is C12H17NO. The first-order chi connectivity index (χ1) is 6.70. The number of hydrogen-bond donors (Lipinski definition) is 1. The Balaban J connectivity index is 2.18. The molecule has 1 aromatic rings. The molecule has 0 spiro atoms. The van der Waals surface area contributed by atoms with Gasteiger partial charge in [-0.25, -0.2) is 0 Å². The van der Waals surface area contributed by atoms with Crippen LogP contribution in [0, 0.1) is 5.92 Å². The van der Waals surface area contributed by atoms with Crippen molar-refractivity contribution >= 4 is 0 Å². The minimum Gasteiger partial charge on any atom is -0.497 e. The number of rotatable bonds is 3. The molecule has 2 atom stereocenters. The van der Waals surface area contributed by atoms with Crippen LogP contribution in [0.2, 0.25) is 0 Å². The third kappa shape index (κ3) is 1.40. The highest BCUT2D eigenvalue weighted by Crippen LogP contribution is 2.53. The standard InChI is InChI=1S/C12H17NO/c1-12(7-10(12)8-13)9-3-5-11(14-2)6-4-9/h3-6,10H,7-8,13H2,1-2H3/t10-,12?/m0/s1. The third-order valence-electron chi connectivity index (χ3n) is 3.45. The van der Waals surface area contributed by atoms with E-state index in [0.29, 0.717) is 11.3 Å². The summed E-state index contributed by atoms with van der Waals surface area (Å²) in [6.45, 7) is 3.08. The molecule has 1 saturated carbocycles. The molecule has 1 aliphatic rings. The second-order valence-electron chi connectivity index (χ2n) is 4.28. The van der Waals surface area contributed by atoms with E-state index in [1.807, 2.05) is 12.1 Å². The van der Waals surface area contributed by atoms with E-state index in [-0.39, 0.29) is 0 Å². The monoisotopic (exact) mass is 191 g/mol. The van der Waals surface area contributed by atoms with Crippen LogP contribution >= 0.6 is 0 Å². The summed E-state index contributed by atoms with van der Waals surface area (Å²) >= 11 is 0. The fraction of sp³-hybridized carbons (Fsp3) is 0.500. The van der Waals surface area contributed by atoms with Gasteiger partial charge in [-0.1, -0.05) is 19.1 Å². The van der Waals surface area contributed by atoms with E-state index in [1.54, 1.807) is 7.11 Å². The van der Waals surface area contributed by atoms with Crippen LogP contribution in [0.25, 0.3) is 0 Å². The zero-order valence-corrected chi connectivity index (χ0v) is 8.79. The highest BCUT2D eigenvalue weighted by Gasteiger charge is 2.49. The number of nitrogens with two attached hydrogens (primary N) is 1. The molecule has 0 radical (unpaired) electrons. The molecule has 0 saturated heterocycles. The molecule has 0 aliphatic heterocycles. The molecule has 0 amide bonds. The quantitative estimate of drug-likeness (QED) is 0.792. The number of methoxy groups -OCH3 is 1. The van der Waals surface area contributed by atoms with Crippen molar-refractivity contribution in [3.8, 4) is 5.75 Å². The van der Waals surface area contributed by atoms with E-state index in [2.05, 4.69) is 19.1 Å². The minimum atomic E-state index is 0.320. The van der Waals surface area contributed by atoms with Crippen molar-refractivity contribution in [1.82, 2.24) is 0 Å². The van der Waals surface area contributed by atoms with Crippen LogP contribution in [-0.2, 0) is 5.41 Å². The molecule has 14 heavy (non-hydrogen) atoms. The number of ether oxygens (including phenoxy) is 1. The van der Waals surface area contributed by atoms with Crippen LogP contribution < -0.4 is 10.5 Å². The second-order valence-corrected chi connectivity index (χ2v) is 4.28. The van der Waals surface area contributed by atoms with Crippen LogP contribution in [0.15, 0.2) is 24.3 Å². The van der Waals surface area contributed by atoms with Gasteiger partial charge in [-0.05, 0) is 42.0 Å². The zero-order chi connectivity index (χ0) is 10.2. The molecule has 2 heteroatoms. The van der Waals surface area contributed by atoms with Crippen LogP contribution in [0.1, 0.15) is 18.9 Å². The first-order valence-corrected chi connectivity index (χ1v) is 5.05. The normalized spacial score (nSPS) is 30.1. The van der Waals surface area contributed by atoms with Gasteiger partial charge in [-0.15, -0.1) is 0 Å². The minimum absolute atomic E-state index is 0.320.